The summed E-state index contributed by atoms with van der Waals surface area (Å²) >= 11 is 0. The van der Waals surface area contributed by atoms with Gasteiger partial charge in [0.2, 0.25) is 11.7 Å². The third-order valence-electron chi connectivity index (χ3n) is 4.17. The number of nitrogens with one attached hydrogen (secondary N) is 2. The number of furan rings is 1. The van der Waals surface area contributed by atoms with Crippen molar-refractivity contribution in [1.29, 1.82) is 0 Å². The highest BCUT2D eigenvalue weighted by Crippen LogP contribution is 2.30. The van der Waals surface area contributed by atoms with Gasteiger partial charge < -0.3 is 20.2 Å². The lowest BCUT2D eigenvalue weighted by Crippen LogP contribution is -2.48. The molecule has 3 N–H and O–H groups in total. The second-order valence-corrected chi connectivity index (χ2v) is 5.62. The topological polar surface area (TPSA) is 91.6 Å². The number of carbonyl (C=O) groups excluding carboxylic acids is 1. The first-order valence-corrected chi connectivity index (χ1v) is 7.32. The summed E-state index contributed by atoms with van der Waals surface area (Å²) in [5, 5.41) is 14.9. The smallest absolute Gasteiger partial charge is 0.371 e. The molecule has 1 aliphatic rings. The number of hydrogen-bond acceptors (Lipinski definition) is 4. The van der Waals surface area contributed by atoms with Crippen LogP contribution in [-0.4, -0.2) is 29.6 Å². The fourth-order valence-electron chi connectivity index (χ4n) is 2.89. The van der Waals surface area contributed by atoms with Gasteiger partial charge in [-0.25, -0.2) is 4.79 Å². The van der Waals surface area contributed by atoms with Gasteiger partial charge in [-0.1, -0.05) is 19.3 Å². The molecule has 1 amide bonds. The van der Waals surface area contributed by atoms with Crippen LogP contribution in [-0.2, 0) is 11.3 Å². The SMILES string of the molecule is CNC1(CC(=O)NCc2ccc(C(=O)O)o2)CCCCC1. The van der Waals surface area contributed by atoms with Crippen LogP contribution in [0.3, 0.4) is 0 Å². The van der Waals surface area contributed by atoms with Crippen molar-refractivity contribution < 1.29 is 19.1 Å². The normalized spacial score (nSPS) is 17.4. The van der Waals surface area contributed by atoms with E-state index in [2.05, 4.69) is 10.6 Å². The molecule has 2 rings (SSSR count). The fraction of sp³-hybridized carbons (Fsp3) is 0.600. The zero-order valence-corrected chi connectivity index (χ0v) is 12.3. The maximum absolute atomic E-state index is 12.1. The van der Waals surface area contributed by atoms with Crippen molar-refractivity contribution in [3.8, 4) is 0 Å². The van der Waals surface area contributed by atoms with E-state index in [1.165, 1.54) is 12.5 Å². The Labute approximate surface area is 123 Å². The van der Waals surface area contributed by atoms with Crippen LogP contribution in [0, 0.1) is 0 Å². The molecule has 0 radical (unpaired) electrons. The first-order chi connectivity index (χ1) is 10.0. The van der Waals surface area contributed by atoms with Crippen LogP contribution in [0.4, 0.5) is 0 Å². The van der Waals surface area contributed by atoms with Crippen LogP contribution in [0.25, 0.3) is 0 Å². The van der Waals surface area contributed by atoms with Crippen LogP contribution in [0.15, 0.2) is 16.5 Å². The number of rotatable bonds is 6. The van der Waals surface area contributed by atoms with E-state index in [0.29, 0.717) is 12.2 Å². The molecule has 1 fully saturated rings. The Morgan fingerprint density at radius 1 is 1.29 bits per heavy atom. The predicted octanol–water partition coefficient (Wildman–Crippen LogP) is 1.91. The lowest BCUT2D eigenvalue weighted by Gasteiger charge is -2.36. The Bertz CT molecular complexity index is 504. The van der Waals surface area contributed by atoms with Crippen molar-refractivity contribution in [1.82, 2.24) is 10.6 Å². The van der Waals surface area contributed by atoms with Crippen molar-refractivity contribution >= 4 is 11.9 Å². The molecule has 1 aromatic heterocycles. The molecule has 21 heavy (non-hydrogen) atoms. The van der Waals surface area contributed by atoms with Crippen molar-refractivity contribution in [2.75, 3.05) is 7.05 Å². The van der Waals surface area contributed by atoms with Crippen LogP contribution in [0.2, 0.25) is 0 Å². The van der Waals surface area contributed by atoms with Crippen molar-refractivity contribution in [3.63, 3.8) is 0 Å². The summed E-state index contributed by atoms with van der Waals surface area (Å²) in [7, 11) is 1.91. The predicted molar refractivity (Wildman–Crippen MR) is 77.0 cm³/mol. The molecule has 0 bridgehead atoms. The van der Waals surface area contributed by atoms with Crippen LogP contribution >= 0.6 is 0 Å². The molecule has 0 aliphatic heterocycles. The Morgan fingerprint density at radius 3 is 2.57 bits per heavy atom. The van der Waals surface area contributed by atoms with Crippen molar-refractivity contribution in [2.24, 2.45) is 0 Å². The maximum atomic E-state index is 12.1. The van der Waals surface area contributed by atoms with E-state index < -0.39 is 5.97 Å². The lowest BCUT2D eigenvalue weighted by atomic mass is 9.79. The Balaban J connectivity index is 1.84. The van der Waals surface area contributed by atoms with Crippen LogP contribution in [0.1, 0.15) is 54.8 Å². The monoisotopic (exact) mass is 294 g/mol. The molecule has 1 aliphatic carbocycles. The molecule has 0 unspecified atom stereocenters. The van der Waals surface area contributed by atoms with Gasteiger partial charge in [-0.15, -0.1) is 0 Å². The Kier molecular flexibility index (Phi) is 5.01. The highest BCUT2D eigenvalue weighted by molar-refractivity contribution is 5.84. The minimum absolute atomic E-state index is 0.0421. The number of amides is 1. The average Bonchev–Trinajstić information content (AvgIpc) is 2.95. The molecular formula is C15H22N2O4. The van der Waals surface area contributed by atoms with Gasteiger partial charge in [-0.3, -0.25) is 4.79 Å². The Morgan fingerprint density at radius 2 is 2.00 bits per heavy atom. The van der Waals surface area contributed by atoms with Gasteiger partial charge >= 0.3 is 5.97 Å². The molecular weight excluding hydrogens is 272 g/mol. The van der Waals surface area contributed by atoms with Gasteiger partial charge in [-0.05, 0) is 32.0 Å². The van der Waals surface area contributed by atoms with E-state index in [9.17, 15) is 9.59 Å². The van der Waals surface area contributed by atoms with E-state index in [1.54, 1.807) is 6.07 Å². The van der Waals surface area contributed by atoms with Gasteiger partial charge in [0.1, 0.15) is 5.76 Å². The second kappa shape index (κ2) is 6.76. The molecule has 6 heteroatoms. The Hall–Kier alpha value is -1.82. The van der Waals surface area contributed by atoms with Gasteiger partial charge in [0.25, 0.3) is 0 Å². The van der Waals surface area contributed by atoms with Gasteiger partial charge in [-0.2, -0.15) is 0 Å². The number of hydrogen-bond donors (Lipinski definition) is 3. The maximum Gasteiger partial charge on any atom is 0.371 e. The molecule has 1 saturated carbocycles. The molecule has 1 heterocycles. The van der Waals surface area contributed by atoms with Gasteiger partial charge in [0, 0.05) is 12.0 Å². The molecule has 6 nitrogen and oxygen atoms in total. The summed E-state index contributed by atoms with van der Waals surface area (Å²) in [4.78, 5) is 22.8. The highest BCUT2D eigenvalue weighted by atomic mass is 16.4. The summed E-state index contributed by atoms with van der Waals surface area (Å²) in [6.07, 6.45) is 6.00. The third-order valence-corrected chi connectivity index (χ3v) is 4.17. The summed E-state index contributed by atoms with van der Waals surface area (Å²) < 4.78 is 5.11. The largest absolute Gasteiger partial charge is 0.475 e. The zero-order chi connectivity index (χ0) is 15.3. The highest BCUT2D eigenvalue weighted by Gasteiger charge is 2.32. The number of carboxylic acid groups (broad SMARTS) is 1. The van der Waals surface area contributed by atoms with E-state index in [1.807, 2.05) is 7.05 Å². The van der Waals surface area contributed by atoms with Gasteiger partial charge in [0.05, 0.1) is 6.54 Å². The van der Waals surface area contributed by atoms with Gasteiger partial charge in [0.15, 0.2) is 0 Å². The standard InChI is InChI=1S/C15H22N2O4/c1-16-15(7-3-2-4-8-15)9-13(18)17-10-11-5-6-12(21-11)14(19)20/h5-6,16H,2-4,7-10H2,1H3,(H,17,18)(H,19,20). The third kappa shape index (κ3) is 4.07. The van der Waals surface area contributed by atoms with Crippen LogP contribution in [0.5, 0.6) is 0 Å². The van der Waals surface area contributed by atoms with E-state index >= 15 is 0 Å². The van der Waals surface area contributed by atoms with E-state index in [0.717, 1.165) is 25.7 Å². The van der Waals surface area contributed by atoms with E-state index in [4.69, 9.17) is 9.52 Å². The second-order valence-electron chi connectivity index (χ2n) is 5.62. The zero-order valence-electron chi connectivity index (χ0n) is 12.3. The lowest BCUT2D eigenvalue weighted by molar-refractivity contribution is -0.123. The van der Waals surface area contributed by atoms with E-state index in [-0.39, 0.29) is 23.8 Å². The summed E-state index contributed by atoms with van der Waals surface area (Å²) in [5.41, 5.74) is -0.0995. The molecule has 0 saturated heterocycles. The fourth-order valence-corrected chi connectivity index (χ4v) is 2.89. The molecule has 0 atom stereocenters. The number of carboxylic acids is 1. The average molecular weight is 294 g/mol. The minimum atomic E-state index is -1.11. The first-order valence-electron chi connectivity index (χ1n) is 7.32. The summed E-state index contributed by atoms with van der Waals surface area (Å²) in [6, 6.07) is 2.96. The molecule has 116 valence electrons. The van der Waals surface area contributed by atoms with Crippen molar-refractivity contribution in [3.05, 3.63) is 23.7 Å². The molecule has 0 spiro atoms. The molecule has 0 aromatic carbocycles. The number of carbonyl (C=O) groups is 2. The molecule has 1 aromatic rings. The summed E-state index contributed by atoms with van der Waals surface area (Å²) in [5.74, 6) is -0.815. The summed E-state index contributed by atoms with van der Waals surface area (Å²) in [6.45, 7) is 0.214. The van der Waals surface area contributed by atoms with Crippen molar-refractivity contribution in [2.45, 2.75) is 50.6 Å². The minimum Gasteiger partial charge on any atom is -0.475 e. The van der Waals surface area contributed by atoms with Crippen LogP contribution < -0.4 is 10.6 Å². The quantitative estimate of drug-likeness (QED) is 0.745. The first kappa shape index (κ1) is 15.6. The number of aromatic carboxylic acids is 1.